The molecule has 2 heterocycles. The minimum Gasteiger partial charge on any atom is -0.486 e. The third-order valence-corrected chi connectivity index (χ3v) is 5.68. The van der Waals surface area contributed by atoms with Gasteiger partial charge in [-0.15, -0.1) is 10.2 Å². The molecule has 1 N–H and O–H groups in total. The van der Waals surface area contributed by atoms with Gasteiger partial charge < -0.3 is 9.47 Å². The number of benzene rings is 2. The first kappa shape index (κ1) is 16.9. The highest BCUT2D eigenvalue weighted by Crippen LogP contribution is 2.32. The van der Waals surface area contributed by atoms with Gasteiger partial charge in [0.05, 0.1) is 0 Å². The highest BCUT2D eigenvalue weighted by molar-refractivity contribution is 8.00. The van der Waals surface area contributed by atoms with Gasteiger partial charge in [-0.1, -0.05) is 53.4 Å². The van der Waals surface area contributed by atoms with Crippen molar-refractivity contribution >= 4 is 34.1 Å². The standard InChI is InChI=1S/C18H15N3O3S2/c22-16(13-6-7-14-15(10-13)24-9-8-23-14)19-17-20-21-18(26-17)25-11-12-4-2-1-3-5-12/h1-7,10H,8-9,11H2,(H,19,20,22). The number of aromatic nitrogens is 2. The molecule has 0 aliphatic carbocycles. The molecule has 1 aromatic heterocycles. The summed E-state index contributed by atoms with van der Waals surface area (Å²) in [5, 5.41) is 11.4. The van der Waals surface area contributed by atoms with Crippen molar-refractivity contribution in [1.82, 2.24) is 10.2 Å². The van der Waals surface area contributed by atoms with Crippen LogP contribution in [0.1, 0.15) is 15.9 Å². The molecule has 4 rings (SSSR count). The monoisotopic (exact) mass is 385 g/mol. The number of thioether (sulfide) groups is 1. The van der Waals surface area contributed by atoms with Crippen molar-refractivity contribution in [2.75, 3.05) is 18.5 Å². The van der Waals surface area contributed by atoms with Gasteiger partial charge in [-0.05, 0) is 23.8 Å². The number of anilines is 1. The maximum Gasteiger partial charge on any atom is 0.257 e. The Morgan fingerprint density at radius 2 is 1.88 bits per heavy atom. The maximum absolute atomic E-state index is 12.4. The number of rotatable bonds is 5. The molecule has 2 aromatic carbocycles. The average Bonchev–Trinajstić information content (AvgIpc) is 3.14. The second-order valence-electron chi connectivity index (χ2n) is 5.46. The normalized spacial score (nSPS) is 12.6. The average molecular weight is 385 g/mol. The molecule has 0 saturated carbocycles. The largest absolute Gasteiger partial charge is 0.486 e. The smallest absolute Gasteiger partial charge is 0.257 e. The number of nitrogens with one attached hydrogen (secondary N) is 1. The first-order valence-electron chi connectivity index (χ1n) is 7.99. The highest BCUT2D eigenvalue weighted by atomic mass is 32.2. The number of hydrogen-bond donors (Lipinski definition) is 1. The Balaban J connectivity index is 1.38. The quantitative estimate of drug-likeness (QED) is 0.531. The number of fused-ring (bicyclic) bond motifs is 1. The van der Waals surface area contributed by atoms with Crippen molar-refractivity contribution in [1.29, 1.82) is 0 Å². The van der Waals surface area contributed by atoms with Gasteiger partial charge in [0.1, 0.15) is 13.2 Å². The fourth-order valence-corrected chi connectivity index (χ4v) is 4.09. The van der Waals surface area contributed by atoms with Gasteiger partial charge in [-0.25, -0.2) is 0 Å². The number of hydrogen-bond acceptors (Lipinski definition) is 7. The molecule has 3 aromatic rings. The Morgan fingerprint density at radius 1 is 1.08 bits per heavy atom. The van der Waals surface area contributed by atoms with E-state index in [1.165, 1.54) is 16.9 Å². The molecule has 1 amide bonds. The van der Waals surface area contributed by atoms with Crippen LogP contribution in [0.3, 0.4) is 0 Å². The molecule has 0 bridgehead atoms. The van der Waals surface area contributed by atoms with Gasteiger partial charge in [0.25, 0.3) is 5.91 Å². The lowest BCUT2D eigenvalue weighted by Crippen LogP contribution is -2.17. The van der Waals surface area contributed by atoms with Crippen molar-refractivity contribution in [3.8, 4) is 11.5 Å². The number of amides is 1. The third-order valence-electron chi connectivity index (χ3n) is 3.64. The van der Waals surface area contributed by atoms with E-state index in [4.69, 9.17) is 9.47 Å². The SMILES string of the molecule is O=C(Nc1nnc(SCc2ccccc2)s1)c1ccc2c(c1)OCCO2. The minimum atomic E-state index is -0.252. The number of carbonyl (C=O) groups excluding carboxylic acids is 1. The van der Waals surface area contributed by atoms with E-state index in [1.807, 2.05) is 18.2 Å². The summed E-state index contributed by atoms with van der Waals surface area (Å²) in [7, 11) is 0. The first-order valence-corrected chi connectivity index (χ1v) is 9.79. The molecule has 1 aliphatic rings. The summed E-state index contributed by atoms with van der Waals surface area (Å²) in [6.45, 7) is 1.00. The van der Waals surface area contributed by atoms with Crippen LogP contribution in [0.5, 0.6) is 11.5 Å². The third kappa shape index (κ3) is 3.97. The van der Waals surface area contributed by atoms with Crippen molar-refractivity contribution in [2.24, 2.45) is 0 Å². The van der Waals surface area contributed by atoms with E-state index in [-0.39, 0.29) is 5.91 Å². The van der Waals surface area contributed by atoms with Gasteiger partial charge in [0.2, 0.25) is 5.13 Å². The van der Waals surface area contributed by atoms with E-state index in [9.17, 15) is 4.79 Å². The Hall–Kier alpha value is -2.58. The van der Waals surface area contributed by atoms with Gasteiger partial charge >= 0.3 is 0 Å². The predicted octanol–water partition coefficient (Wildman–Crippen LogP) is 3.85. The molecule has 1 aliphatic heterocycles. The summed E-state index contributed by atoms with van der Waals surface area (Å²) in [4.78, 5) is 12.4. The topological polar surface area (TPSA) is 73.3 Å². The van der Waals surface area contributed by atoms with Crippen LogP contribution >= 0.6 is 23.1 Å². The van der Waals surface area contributed by atoms with E-state index in [1.54, 1.807) is 30.0 Å². The van der Waals surface area contributed by atoms with Gasteiger partial charge in [0, 0.05) is 11.3 Å². The number of ether oxygens (including phenoxy) is 2. The Kier molecular flexibility index (Phi) is 5.03. The molecule has 0 spiro atoms. The molecular formula is C18H15N3O3S2. The fourth-order valence-electron chi connectivity index (χ4n) is 2.39. The van der Waals surface area contributed by atoms with E-state index < -0.39 is 0 Å². The number of nitrogens with zero attached hydrogens (tertiary/aromatic N) is 2. The number of carbonyl (C=O) groups is 1. The summed E-state index contributed by atoms with van der Waals surface area (Å²) >= 11 is 2.95. The van der Waals surface area contributed by atoms with E-state index in [0.717, 1.165) is 10.1 Å². The van der Waals surface area contributed by atoms with Gasteiger partial charge in [-0.3, -0.25) is 10.1 Å². The summed E-state index contributed by atoms with van der Waals surface area (Å²) in [6, 6.07) is 15.3. The lowest BCUT2D eigenvalue weighted by Gasteiger charge is -2.18. The molecule has 8 heteroatoms. The molecule has 0 radical (unpaired) electrons. The highest BCUT2D eigenvalue weighted by Gasteiger charge is 2.16. The van der Waals surface area contributed by atoms with Crippen LogP contribution in [0.4, 0.5) is 5.13 Å². The van der Waals surface area contributed by atoms with Crippen LogP contribution in [-0.4, -0.2) is 29.3 Å². The zero-order chi connectivity index (χ0) is 17.8. The van der Waals surface area contributed by atoms with Crippen molar-refractivity contribution in [3.63, 3.8) is 0 Å². The molecule has 6 nitrogen and oxygen atoms in total. The molecule has 132 valence electrons. The van der Waals surface area contributed by atoms with E-state index >= 15 is 0 Å². The van der Waals surface area contributed by atoms with Crippen molar-refractivity contribution < 1.29 is 14.3 Å². The summed E-state index contributed by atoms with van der Waals surface area (Å²) in [5.74, 6) is 1.80. The second-order valence-corrected chi connectivity index (χ2v) is 7.66. The summed E-state index contributed by atoms with van der Waals surface area (Å²) in [5.41, 5.74) is 1.71. The van der Waals surface area contributed by atoms with Crippen LogP contribution in [-0.2, 0) is 5.75 Å². The Labute approximate surface area is 158 Å². The molecule has 0 fully saturated rings. The van der Waals surface area contributed by atoms with Crippen LogP contribution in [0.2, 0.25) is 0 Å². The predicted molar refractivity (Wildman–Crippen MR) is 101 cm³/mol. The minimum absolute atomic E-state index is 0.252. The lowest BCUT2D eigenvalue weighted by atomic mass is 10.2. The molecule has 0 unspecified atom stereocenters. The Morgan fingerprint density at radius 3 is 2.73 bits per heavy atom. The second kappa shape index (κ2) is 7.76. The maximum atomic E-state index is 12.4. The van der Waals surface area contributed by atoms with Crippen LogP contribution in [0.15, 0.2) is 52.9 Å². The molecule has 0 atom stereocenters. The van der Waals surface area contributed by atoms with E-state index in [0.29, 0.717) is 35.4 Å². The van der Waals surface area contributed by atoms with Crippen LogP contribution in [0, 0.1) is 0 Å². The lowest BCUT2D eigenvalue weighted by molar-refractivity contribution is 0.102. The zero-order valence-electron chi connectivity index (χ0n) is 13.7. The first-order chi connectivity index (χ1) is 12.8. The molecule has 0 saturated heterocycles. The molecular weight excluding hydrogens is 370 g/mol. The van der Waals surface area contributed by atoms with E-state index in [2.05, 4.69) is 27.6 Å². The van der Waals surface area contributed by atoms with Gasteiger partial charge in [-0.2, -0.15) is 0 Å². The van der Waals surface area contributed by atoms with Crippen LogP contribution in [0.25, 0.3) is 0 Å². The van der Waals surface area contributed by atoms with Crippen LogP contribution < -0.4 is 14.8 Å². The van der Waals surface area contributed by atoms with Crippen molar-refractivity contribution in [3.05, 3.63) is 59.7 Å². The molecule has 26 heavy (non-hydrogen) atoms. The van der Waals surface area contributed by atoms with Crippen molar-refractivity contribution in [2.45, 2.75) is 10.1 Å². The summed E-state index contributed by atoms with van der Waals surface area (Å²) < 4.78 is 11.8. The summed E-state index contributed by atoms with van der Waals surface area (Å²) in [6.07, 6.45) is 0. The fraction of sp³-hybridized carbons (Fsp3) is 0.167. The van der Waals surface area contributed by atoms with Gasteiger partial charge in [0.15, 0.2) is 15.8 Å². The Bertz CT molecular complexity index is 915. The zero-order valence-corrected chi connectivity index (χ0v) is 15.3.